The van der Waals surface area contributed by atoms with Gasteiger partial charge in [-0.05, 0) is 25.2 Å². The molecule has 2 atom stereocenters. The molecule has 15 heavy (non-hydrogen) atoms. The van der Waals surface area contributed by atoms with Crippen molar-refractivity contribution in [3.63, 3.8) is 0 Å². The van der Waals surface area contributed by atoms with Crippen molar-refractivity contribution < 1.29 is 4.79 Å². The van der Waals surface area contributed by atoms with E-state index in [2.05, 4.69) is 13.8 Å². The van der Waals surface area contributed by atoms with Crippen molar-refractivity contribution >= 4 is 17.5 Å². The lowest BCUT2D eigenvalue weighted by atomic mass is 9.96. The van der Waals surface area contributed by atoms with Crippen molar-refractivity contribution in [3.05, 3.63) is 0 Å². The molecule has 0 radical (unpaired) electrons. The van der Waals surface area contributed by atoms with Crippen molar-refractivity contribution in [3.8, 4) is 0 Å². The van der Waals surface area contributed by atoms with E-state index < -0.39 is 0 Å². The van der Waals surface area contributed by atoms with Crippen molar-refractivity contribution in [1.82, 2.24) is 4.90 Å². The third-order valence-electron chi connectivity index (χ3n) is 3.36. The lowest BCUT2D eigenvalue weighted by molar-refractivity contribution is -0.136. The monoisotopic (exact) mass is 231 g/mol. The van der Waals surface area contributed by atoms with E-state index in [0.717, 1.165) is 32.4 Å². The fourth-order valence-electron chi connectivity index (χ4n) is 1.85. The highest BCUT2D eigenvalue weighted by Crippen LogP contribution is 2.19. The van der Waals surface area contributed by atoms with E-state index in [1.54, 1.807) is 0 Å². The molecule has 0 aromatic rings. The molecule has 0 aliphatic carbocycles. The molecule has 0 aromatic heterocycles. The van der Waals surface area contributed by atoms with E-state index >= 15 is 0 Å². The van der Waals surface area contributed by atoms with E-state index in [9.17, 15) is 4.79 Å². The minimum Gasteiger partial charge on any atom is -0.342 e. The summed E-state index contributed by atoms with van der Waals surface area (Å²) in [6.45, 7) is 7.95. The lowest BCUT2D eigenvalue weighted by Crippen LogP contribution is -2.37. The van der Waals surface area contributed by atoms with Gasteiger partial charge in [0.25, 0.3) is 0 Å². The molecule has 3 heteroatoms. The summed E-state index contributed by atoms with van der Waals surface area (Å²) in [5.74, 6) is 0.861. The van der Waals surface area contributed by atoms with E-state index in [4.69, 9.17) is 11.6 Å². The average molecular weight is 232 g/mol. The van der Waals surface area contributed by atoms with Gasteiger partial charge in [0, 0.05) is 24.4 Å². The zero-order valence-corrected chi connectivity index (χ0v) is 10.8. The molecule has 1 saturated heterocycles. The van der Waals surface area contributed by atoms with Crippen LogP contribution in [0.4, 0.5) is 0 Å². The molecule has 2 nitrogen and oxygen atoms in total. The largest absolute Gasteiger partial charge is 0.342 e. The zero-order chi connectivity index (χ0) is 11.4. The number of hydrogen-bond donors (Lipinski definition) is 0. The second-order valence-corrected chi connectivity index (χ2v) is 5.50. The second kappa shape index (κ2) is 5.74. The highest BCUT2D eigenvalue weighted by Gasteiger charge is 2.24. The molecule has 2 unspecified atom stereocenters. The molecular weight excluding hydrogens is 210 g/mol. The van der Waals surface area contributed by atoms with Crippen molar-refractivity contribution in [2.24, 2.45) is 11.8 Å². The highest BCUT2D eigenvalue weighted by molar-refractivity contribution is 6.20. The Morgan fingerprint density at radius 1 is 1.27 bits per heavy atom. The Bertz CT molecular complexity index is 218. The molecule has 0 bridgehead atoms. The van der Waals surface area contributed by atoms with Gasteiger partial charge in [-0.3, -0.25) is 4.79 Å². The SMILES string of the molecule is CC(C)C(C)C(=O)N1CCCC(Cl)CC1. The maximum Gasteiger partial charge on any atom is 0.225 e. The summed E-state index contributed by atoms with van der Waals surface area (Å²) in [5, 5.41) is 0.261. The van der Waals surface area contributed by atoms with Gasteiger partial charge in [-0.15, -0.1) is 11.6 Å². The fourth-order valence-corrected chi connectivity index (χ4v) is 2.10. The normalized spacial score (nSPS) is 25.1. The Kier molecular flexibility index (Phi) is 4.91. The average Bonchev–Trinajstić information content (AvgIpc) is 2.40. The van der Waals surface area contributed by atoms with Gasteiger partial charge < -0.3 is 4.90 Å². The molecule has 1 fully saturated rings. The van der Waals surface area contributed by atoms with E-state index in [-0.39, 0.29) is 11.3 Å². The summed E-state index contributed by atoms with van der Waals surface area (Å²) in [6, 6.07) is 0. The third kappa shape index (κ3) is 3.67. The Labute approximate surface area is 98.0 Å². The van der Waals surface area contributed by atoms with Crippen molar-refractivity contribution in [1.29, 1.82) is 0 Å². The second-order valence-electron chi connectivity index (χ2n) is 4.89. The Morgan fingerprint density at radius 3 is 2.53 bits per heavy atom. The van der Waals surface area contributed by atoms with Crippen LogP contribution in [0.2, 0.25) is 0 Å². The summed E-state index contributed by atoms with van der Waals surface area (Å²) >= 11 is 6.10. The summed E-state index contributed by atoms with van der Waals surface area (Å²) in [6.07, 6.45) is 3.03. The number of nitrogens with zero attached hydrogens (tertiary/aromatic N) is 1. The molecule has 0 N–H and O–H groups in total. The third-order valence-corrected chi connectivity index (χ3v) is 3.80. The molecule has 1 amide bonds. The van der Waals surface area contributed by atoms with Gasteiger partial charge in [-0.1, -0.05) is 20.8 Å². The van der Waals surface area contributed by atoms with Gasteiger partial charge in [-0.25, -0.2) is 0 Å². The summed E-state index contributed by atoms with van der Waals surface area (Å²) in [5.41, 5.74) is 0. The van der Waals surface area contributed by atoms with Gasteiger partial charge in [0.1, 0.15) is 0 Å². The van der Waals surface area contributed by atoms with Gasteiger partial charge in [0.15, 0.2) is 0 Å². The van der Waals surface area contributed by atoms with Crippen LogP contribution in [0.5, 0.6) is 0 Å². The van der Waals surface area contributed by atoms with Gasteiger partial charge in [0.2, 0.25) is 5.91 Å². The van der Waals surface area contributed by atoms with Crippen LogP contribution in [0, 0.1) is 11.8 Å². The minimum absolute atomic E-state index is 0.136. The number of carbonyl (C=O) groups is 1. The first-order chi connectivity index (χ1) is 7.02. The van der Waals surface area contributed by atoms with E-state index in [1.807, 2.05) is 11.8 Å². The first-order valence-electron chi connectivity index (χ1n) is 5.95. The van der Waals surface area contributed by atoms with Crippen molar-refractivity contribution in [2.75, 3.05) is 13.1 Å². The van der Waals surface area contributed by atoms with Crippen LogP contribution >= 0.6 is 11.6 Å². The first-order valence-corrected chi connectivity index (χ1v) is 6.39. The predicted molar refractivity (Wildman–Crippen MR) is 64.1 cm³/mol. The quantitative estimate of drug-likeness (QED) is 0.670. The molecule has 0 saturated carbocycles. The summed E-state index contributed by atoms with van der Waals surface area (Å²) < 4.78 is 0. The number of carbonyl (C=O) groups excluding carboxylic acids is 1. The molecule has 88 valence electrons. The molecule has 0 spiro atoms. The summed E-state index contributed by atoms with van der Waals surface area (Å²) in [7, 11) is 0. The zero-order valence-electron chi connectivity index (χ0n) is 10.0. The van der Waals surface area contributed by atoms with Gasteiger partial charge in [0.05, 0.1) is 0 Å². The number of alkyl halides is 1. The smallest absolute Gasteiger partial charge is 0.225 e. The van der Waals surface area contributed by atoms with Crippen LogP contribution in [0.1, 0.15) is 40.0 Å². The fraction of sp³-hybridized carbons (Fsp3) is 0.917. The van der Waals surface area contributed by atoms with Crippen LogP contribution in [0.3, 0.4) is 0 Å². The summed E-state index contributed by atoms with van der Waals surface area (Å²) in [4.78, 5) is 14.1. The Balaban J connectivity index is 2.52. The molecule has 1 aliphatic heterocycles. The van der Waals surface area contributed by atoms with Gasteiger partial charge >= 0.3 is 0 Å². The van der Waals surface area contributed by atoms with E-state index in [0.29, 0.717) is 11.8 Å². The topological polar surface area (TPSA) is 20.3 Å². The predicted octanol–water partition coefficient (Wildman–Crippen LogP) is 2.90. The number of likely N-dealkylation sites (tertiary alicyclic amines) is 1. The van der Waals surface area contributed by atoms with Crippen LogP contribution in [-0.2, 0) is 4.79 Å². The Hall–Kier alpha value is -0.240. The van der Waals surface area contributed by atoms with E-state index in [1.165, 1.54) is 0 Å². The first kappa shape index (κ1) is 12.8. The van der Waals surface area contributed by atoms with Crippen LogP contribution in [-0.4, -0.2) is 29.3 Å². The molecule has 0 aromatic carbocycles. The van der Waals surface area contributed by atoms with Crippen LogP contribution in [0.25, 0.3) is 0 Å². The number of halogens is 1. The number of rotatable bonds is 2. The highest BCUT2D eigenvalue weighted by atomic mass is 35.5. The van der Waals surface area contributed by atoms with Crippen LogP contribution in [0.15, 0.2) is 0 Å². The Morgan fingerprint density at radius 2 is 1.93 bits per heavy atom. The maximum absolute atomic E-state index is 12.1. The number of amides is 1. The van der Waals surface area contributed by atoms with Crippen molar-refractivity contribution in [2.45, 2.75) is 45.4 Å². The maximum atomic E-state index is 12.1. The molecule has 1 aliphatic rings. The number of hydrogen-bond acceptors (Lipinski definition) is 1. The molecule has 1 heterocycles. The molecular formula is C12H22ClNO. The lowest BCUT2D eigenvalue weighted by Gasteiger charge is -2.25. The minimum atomic E-state index is 0.136. The van der Waals surface area contributed by atoms with Gasteiger partial charge in [-0.2, -0.15) is 0 Å². The standard InChI is InChI=1S/C12H22ClNO/c1-9(2)10(3)12(15)14-7-4-5-11(13)6-8-14/h9-11H,4-8H2,1-3H3. The molecule has 1 rings (SSSR count). The van der Waals surface area contributed by atoms with Crippen LogP contribution < -0.4 is 0 Å².